The smallest absolute Gasteiger partial charge is 0.241 e. The molecule has 1 saturated heterocycles. The number of rotatable bonds is 5. The van der Waals surface area contributed by atoms with Crippen LogP contribution in [0.4, 0.5) is 5.69 Å². The second-order valence-electron chi connectivity index (χ2n) is 6.40. The zero-order valence-corrected chi connectivity index (χ0v) is 15.7. The molecule has 0 saturated carbocycles. The molecule has 4 rings (SSSR count). The number of fused-ring (bicyclic) bond motifs is 1. The molecule has 2 aliphatic heterocycles. The first-order chi connectivity index (χ1) is 13.1. The quantitative estimate of drug-likeness (QED) is 0.839. The molecule has 0 radical (unpaired) electrons. The lowest BCUT2D eigenvalue weighted by Crippen LogP contribution is -2.36. The van der Waals surface area contributed by atoms with Crippen molar-refractivity contribution in [3.05, 3.63) is 48.0 Å². The van der Waals surface area contributed by atoms with Crippen molar-refractivity contribution in [3.63, 3.8) is 0 Å². The number of nitrogens with one attached hydrogen (secondary N) is 1. The minimum absolute atomic E-state index is 0.164. The fourth-order valence-electron chi connectivity index (χ4n) is 3.10. The number of nitrogens with zero attached hydrogens (tertiary/aromatic N) is 1. The maximum absolute atomic E-state index is 12.6. The summed E-state index contributed by atoms with van der Waals surface area (Å²) < 4.78 is 44.0. The number of benzene rings is 2. The van der Waals surface area contributed by atoms with E-state index in [1.807, 2.05) is 24.3 Å². The largest absolute Gasteiger partial charge is 0.486 e. The SMILES string of the molecule is O=S(=O)(NCc1ccc(N2CCOCC2)cc1)c1ccc2c(c1)OCCO2. The van der Waals surface area contributed by atoms with Crippen molar-refractivity contribution in [3.8, 4) is 11.5 Å². The van der Waals surface area contributed by atoms with E-state index in [4.69, 9.17) is 14.2 Å². The van der Waals surface area contributed by atoms with Crippen LogP contribution in [0.3, 0.4) is 0 Å². The molecule has 0 spiro atoms. The lowest BCUT2D eigenvalue weighted by atomic mass is 10.2. The molecule has 0 bridgehead atoms. The van der Waals surface area contributed by atoms with Gasteiger partial charge >= 0.3 is 0 Å². The molecule has 2 aromatic carbocycles. The third kappa shape index (κ3) is 4.18. The van der Waals surface area contributed by atoms with Crippen molar-refractivity contribution in [2.45, 2.75) is 11.4 Å². The molecule has 0 unspecified atom stereocenters. The molecule has 0 aliphatic carbocycles. The van der Waals surface area contributed by atoms with E-state index in [0.29, 0.717) is 24.7 Å². The summed E-state index contributed by atoms with van der Waals surface area (Å²) in [7, 11) is -3.64. The van der Waals surface area contributed by atoms with E-state index < -0.39 is 10.0 Å². The standard InChI is InChI=1S/C19H22N2O5S/c22-27(23,17-5-6-18-19(13-17)26-12-11-25-18)20-14-15-1-3-16(4-2-15)21-7-9-24-10-8-21/h1-6,13,20H,7-12,14H2. The molecule has 144 valence electrons. The molecular weight excluding hydrogens is 368 g/mol. The summed E-state index contributed by atoms with van der Waals surface area (Å²) in [4.78, 5) is 2.42. The average Bonchev–Trinajstić information content (AvgIpc) is 2.73. The minimum atomic E-state index is -3.64. The Bertz CT molecular complexity index is 893. The van der Waals surface area contributed by atoms with E-state index in [9.17, 15) is 8.42 Å². The highest BCUT2D eigenvalue weighted by Gasteiger charge is 2.19. The summed E-state index contributed by atoms with van der Waals surface area (Å²) in [6, 6.07) is 12.6. The second kappa shape index (κ2) is 7.75. The van der Waals surface area contributed by atoms with E-state index in [0.717, 1.165) is 37.6 Å². The van der Waals surface area contributed by atoms with Gasteiger partial charge in [0.2, 0.25) is 10.0 Å². The second-order valence-corrected chi connectivity index (χ2v) is 8.16. The Morgan fingerprint density at radius 2 is 1.59 bits per heavy atom. The van der Waals surface area contributed by atoms with Crippen molar-refractivity contribution >= 4 is 15.7 Å². The van der Waals surface area contributed by atoms with Gasteiger partial charge in [-0.2, -0.15) is 0 Å². The maximum Gasteiger partial charge on any atom is 0.241 e. The van der Waals surface area contributed by atoms with Gasteiger partial charge in [-0.05, 0) is 29.8 Å². The Kier molecular flexibility index (Phi) is 5.20. The summed E-state index contributed by atoms with van der Waals surface area (Å²) in [5.41, 5.74) is 2.02. The van der Waals surface area contributed by atoms with Gasteiger partial charge in [0.1, 0.15) is 13.2 Å². The number of morpholine rings is 1. The fraction of sp³-hybridized carbons (Fsp3) is 0.368. The van der Waals surface area contributed by atoms with Gasteiger partial charge in [0.15, 0.2) is 11.5 Å². The molecule has 1 N–H and O–H groups in total. The Morgan fingerprint density at radius 1 is 0.889 bits per heavy atom. The summed E-state index contributed by atoms with van der Waals surface area (Å²) in [5, 5.41) is 0. The summed E-state index contributed by atoms with van der Waals surface area (Å²) >= 11 is 0. The van der Waals surface area contributed by atoms with Gasteiger partial charge in [0.25, 0.3) is 0 Å². The van der Waals surface area contributed by atoms with Crippen molar-refractivity contribution in [2.24, 2.45) is 0 Å². The Balaban J connectivity index is 1.41. The normalized spacial score (nSPS) is 17.0. The molecule has 8 heteroatoms. The Hall–Kier alpha value is -2.29. The first kappa shape index (κ1) is 18.1. The van der Waals surface area contributed by atoms with E-state index in [1.54, 1.807) is 6.07 Å². The highest BCUT2D eigenvalue weighted by molar-refractivity contribution is 7.89. The molecular formula is C19H22N2O5S. The molecule has 0 aromatic heterocycles. The molecule has 7 nitrogen and oxygen atoms in total. The van der Waals surface area contributed by atoms with Crippen LogP contribution < -0.4 is 19.1 Å². The van der Waals surface area contributed by atoms with E-state index in [-0.39, 0.29) is 11.4 Å². The molecule has 2 aromatic rings. The van der Waals surface area contributed by atoms with Gasteiger partial charge in [0.05, 0.1) is 18.1 Å². The number of hydrogen-bond acceptors (Lipinski definition) is 6. The monoisotopic (exact) mass is 390 g/mol. The molecule has 0 amide bonds. The highest BCUT2D eigenvalue weighted by atomic mass is 32.2. The van der Waals surface area contributed by atoms with Gasteiger partial charge in [-0.25, -0.2) is 13.1 Å². The summed E-state index contributed by atoms with van der Waals surface area (Å²) in [6.07, 6.45) is 0. The van der Waals surface area contributed by atoms with Crippen LogP contribution in [0.25, 0.3) is 0 Å². The molecule has 2 aliphatic rings. The Labute approximate surface area is 158 Å². The zero-order valence-electron chi connectivity index (χ0n) is 14.9. The van der Waals surface area contributed by atoms with E-state index in [2.05, 4.69) is 9.62 Å². The first-order valence-corrected chi connectivity index (χ1v) is 10.4. The van der Waals surface area contributed by atoms with Gasteiger partial charge in [-0.1, -0.05) is 12.1 Å². The zero-order chi connectivity index (χ0) is 18.7. The summed E-state index contributed by atoms with van der Waals surface area (Å²) in [5.74, 6) is 1.03. The van der Waals surface area contributed by atoms with E-state index >= 15 is 0 Å². The van der Waals surface area contributed by atoms with Crippen LogP contribution >= 0.6 is 0 Å². The molecule has 27 heavy (non-hydrogen) atoms. The highest BCUT2D eigenvalue weighted by Crippen LogP contribution is 2.32. The van der Waals surface area contributed by atoms with Gasteiger partial charge < -0.3 is 19.1 Å². The Morgan fingerprint density at radius 3 is 2.33 bits per heavy atom. The number of anilines is 1. The first-order valence-electron chi connectivity index (χ1n) is 8.93. The number of sulfonamides is 1. The molecule has 0 atom stereocenters. The van der Waals surface area contributed by atoms with Crippen LogP contribution in [-0.2, 0) is 21.3 Å². The fourth-order valence-corrected chi connectivity index (χ4v) is 4.13. The predicted octanol–water partition coefficient (Wildman–Crippen LogP) is 1.77. The predicted molar refractivity (Wildman–Crippen MR) is 101 cm³/mol. The minimum Gasteiger partial charge on any atom is -0.486 e. The van der Waals surface area contributed by atoms with Crippen LogP contribution in [0.15, 0.2) is 47.4 Å². The third-order valence-corrected chi connectivity index (χ3v) is 6.00. The van der Waals surface area contributed by atoms with Crippen LogP contribution in [0, 0.1) is 0 Å². The van der Waals surface area contributed by atoms with Crippen molar-refractivity contribution < 1.29 is 22.6 Å². The van der Waals surface area contributed by atoms with Crippen molar-refractivity contribution in [2.75, 3.05) is 44.4 Å². The lowest BCUT2D eigenvalue weighted by molar-refractivity contribution is 0.122. The van der Waals surface area contributed by atoms with E-state index in [1.165, 1.54) is 12.1 Å². The van der Waals surface area contributed by atoms with Crippen LogP contribution in [0.1, 0.15) is 5.56 Å². The number of hydrogen-bond donors (Lipinski definition) is 1. The summed E-state index contributed by atoms with van der Waals surface area (Å²) in [6.45, 7) is 4.32. The van der Waals surface area contributed by atoms with Crippen molar-refractivity contribution in [1.82, 2.24) is 4.72 Å². The third-order valence-electron chi connectivity index (χ3n) is 4.60. The molecule has 2 heterocycles. The number of ether oxygens (including phenoxy) is 3. The maximum atomic E-state index is 12.6. The van der Waals surface area contributed by atoms with Crippen LogP contribution in [-0.4, -0.2) is 47.9 Å². The average molecular weight is 390 g/mol. The lowest BCUT2D eigenvalue weighted by Gasteiger charge is -2.28. The van der Waals surface area contributed by atoms with Crippen LogP contribution in [0.5, 0.6) is 11.5 Å². The van der Waals surface area contributed by atoms with Crippen LogP contribution in [0.2, 0.25) is 0 Å². The van der Waals surface area contributed by atoms with Gasteiger partial charge in [-0.3, -0.25) is 0 Å². The van der Waals surface area contributed by atoms with Crippen molar-refractivity contribution in [1.29, 1.82) is 0 Å². The topological polar surface area (TPSA) is 77.1 Å². The van der Waals surface area contributed by atoms with Gasteiger partial charge in [0, 0.05) is 31.4 Å². The van der Waals surface area contributed by atoms with Gasteiger partial charge in [-0.15, -0.1) is 0 Å². The molecule has 1 fully saturated rings.